The summed E-state index contributed by atoms with van der Waals surface area (Å²) in [6, 6.07) is 2.25. The molecule has 1 atom stereocenters. The first-order valence-corrected chi connectivity index (χ1v) is 6.92. The number of nitrogens with zero attached hydrogens (tertiary/aromatic N) is 5. The van der Waals surface area contributed by atoms with Gasteiger partial charge in [-0.3, -0.25) is 9.58 Å². The fraction of sp³-hybridized carbons (Fsp3) is 0.571. The lowest BCUT2D eigenvalue weighted by atomic mass is 10.0. The van der Waals surface area contributed by atoms with E-state index in [4.69, 9.17) is 0 Å². The molecule has 3 heterocycles. The van der Waals surface area contributed by atoms with E-state index in [-0.39, 0.29) is 12.6 Å². The number of hydrogen-bond acceptors (Lipinski definition) is 4. The van der Waals surface area contributed by atoms with Crippen LogP contribution in [0, 0.1) is 6.92 Å². The van der Waals surface area contributed by atoms with E-state index in [1.807, 2.05) is 32.0 Å². The van der Waals surface area contributed by atoms with Gasteiger partial charge < -0.3 is 9.67 Å². The number of aliphatic hydroxyl groups excluding tert-OH is 1. The summed E-state index contributed by atoms with van der Waals surface area (Å²) in [5.41, 5.74) is 4.55. The van der Waals surface area contributed by atoms with Crippen molar-refractivity contribution in [1.29, 1.82) is 0 Å². The predicted octanol–water partition coefficient (Wildman–Crippen LogP) is 0.381. The third kappa shape index (κ3) is 2.25. The number of rotatable bonds is 3. The van der Waals surface area contributed by atoms with Crippen LogP contribution in [0.2, 0.25) is 0 Å². The third-order valence-corrected chi connectivity index (χ3v) is 4.12. The van der Waals surface area contributed by atoms with Gasteiger partial charge in [-0.25, -0.2) is 4.98 Å². The van der Waals surface area contributed by atoms with E-state index < -0.39 is 0 Å². The molecule has 0 unspecified atom stereocenters. The van der Waals surface area contributed by atoms with Crippen LogP contribution >= 0.6 is 0 Å². The standard InChI is InChI=1S/C14H21N5O/c1-10-4-11(18(3)16-10)6-19-7-13-14(5-12(19)8-20)17(2)9-15-13/h4,9,12,20H,5-8H2,1-3H3/t12-/m1/s1. The van der Waals surface area contributed by atoms with E-state index in [0.29, 0.717) is 0 Å². The fourth-order valence-corrected chi connectivity index (χ4v) is 2.96. The molecular formula is C14H21N5O. The van der Waals surface area contributed by atoms with Crippen LogP contribution in [-0.2, 0) is 33.6 Å². The molecule has 0 radical (unpaired) electrons. The Balaban J connectivity index is 1.84. The molecule has 0 bridgehead atoms. The molecule has 1 N–H and O–H groups in total. The molecular weight excluding hydrogens is 254 g/mol. The van der Waals surface area contributed by atoms with Crippen molar-refractivity contribution in [2.75, 3.05) is 6.61 Å². The van der Waals surface area contributed by atoms with Crippen molar-refractivity contribution in [1.82, 2.24) is 24.2 Å². The van der Waals surface area contributed by atoms with Crippen molar-refractivity contribution in [3.63, 3.8) is 0 Å². The minimum atomic E-state index is 0.146. The second-order valence-electron chi connectivity index (χ2n) is 5.60. The van der Waals surface area contributed by atoms with Crippen LogP contribution in [0.25, 0.3) is 0 Å². The Morgan fingerprint density at radius 3 is 2.85 bits per heavy atom. The number of hydrogen-bond donors (Lipinski definition) is 1. The molecule has 6 nitrogen and oxygen atoms in total. The van der Waals surface area contributed by atoms with E-state index in [1.165, 1.54) is 11.4 Å². The van der Waals surface area contributed by atoms with Gasteiger partial charge in [0, 0.05) is 45.3 Å². The van der Waals surface area contributed by atoms with Gasteiger partial charge in [0.25, 0.3) is 0 Å². The van der Waals surface area contributed by atoms with Crippen molar-refractivity contribution in [3.8, 4) is 0 Å². The Morgan fingerprint density at radius 1 is 1.40 bits per heavy atom. The van der Waals surface area contributed by atoms with Crippen molar-refractivity contribution in [3.05, 3.63) is 35.2 Å². The van der Waals surface area contributed by atoms with E-state index in [1.54, 1.807) is 0 Å². The van der Waals surface area contributed by atoms with Crippen molar-refractivity contribution < 1.29 is 5.11 Å². The molecule has 2 aromatic heterocycles. The van der Waals surface area contributed by atoms with Gasteiger partial charge in [0.2, 0.25) is 0 Å². The molecule has 6 heteroatoms. The van der Waals surface area contributed by atoms with E-state index in [0.717, 1.165) is 30.9 Å². The quantitative estimate of drug-likeness (QED) is 0.880. The van der Waals surface area contributed by atoms with Crippen LogP contribution in [0.4, 0.5) is 0 Å². The summed E-state index contributed by atoms with van der Waals surface area (Å²) in [6.07, 6.45) is 2.70. The van der Waals surface area contributed by atoms with Gasteiger partial charge in [-0.05, 0) is 13.0 Å². The third-order valence-electron chi connectivity index (χ3n) is 4.12. The average Bonchev–Trinajstić information content (AvgIpc) is 2.92. The van der Waals surface area contributed by atoms with Gasteiger partial charge in [-0.1, -0.05) is 0 Å². The number of aromatic nitrogens is 4. The maximum atomic E-state index is 9.67. The summed E-state index contributed by atoms with van der Waals surface area (Å²) in [5.74, 6) is 0. The molecule has 3 rings (SSSR count). The minimum Gasteiger partial charge on any atom is -0.395 e. The zero-order valence-electron chi connectivity index (χ0n) is 12.2. The highest BCUT2D eigenvalue weighted by Gasteiger charge is 2.28. The zero-order valence-corrected chi connectivity index (χ0v) is 12.2. The maximum Gasteiger partial charge on any atom is 0.0949 e. The first-order valence-electron chi connectivity index (χ1n) is 6.92. The molecule has 0 saturated carbocycles. The van der Waals surface area contributed by atoms with Gasteiger partial charge in [0.05, 0.1) is 30.0 Å². The van der Waals surface area contributed by atoms with Crippen LogP contribution in [0.5, 0.6) is 0 Å². The molecule has 0 spiro atoms. The van der Waals surface area contributed by atoms with Gasteiger partial charge in [-0.15, -0.1) is 0 Å². The van der Waals surface area contributed by atoms with Crippen molar-refractivity contribution in [2.24, 2.45) is 14.1 Å². The first-order chi connectivity index (χ1) is 9.58. The van der Waals surface area contributed by atoms with E-state index in [9.17, 15) is 5.11 Å². The Bertz CT molecular complexity index is 615. The molecule has 1 aliphatic rings. The molecule has 108 valence electrons. The SMILES string of the molecule is Cc1cc(CN2Cc3ncn(C)c3C[C@@H]2CO)n(C)n1. The minimum absolute atomic E-state index is 0.146. The molecule has 20 heavy (non-hydrogen) atoms. The van der Waals surface area contributed by atoms with Gasteiger partial charge in [0.15, 0.2) is 0 Å². The molecule has 0 fully saturated rings. The highest BCUT2D eigenvalue weighted by atomic mass is 16.3. The second kappa shape index (κ2) is 5.03. The van der Waals surface area contributed by atoms with Crippen LogP contribution in [-0.4, -0.2) is 42.0 Å². The number of aryl methyl sites for hydroxylation is 3. The molecule has 0 aliphatic carbocycles. The lowest BCUT2D eigenvalue weighted by Gasteiger charge is -2.34. The summed E-state index contributed by atoms with van der Waals surface area (Å²) < 4.78 is 3.97. The summed E-state index contributed by atoms with van der Waals surface area (Å²) in [5, 5.41) is 14.1. The fourth-order valence-electron chi connectivity index (χ4n) is 2.96. The second-order valence-corrected chi connectivity index (χ2v) is 5.60. The zero-order chi connectivity index (χ0) is 14.3. The molecule has 0 saturated heterocycles. The highest BCUT2D eigenvalue weighted by molar-refractivity contribution is 5.19. The van der Waals surface area contributed by atoms with Gasteiger partial charge >= 0.3 is 0 Å². The van der Waals surface area contributed by atoms with Crippen LogP contribution < -0.4 is 0 Å². The molecule has 0 amide bonds. The van der Waals surface area contributed by atoms with Crippen molar-refractivity contribution >= 4 is 0 Å². The lowest BCUT2D eigenvalue weighted by Crippen LogP contribution is -2.43. The predicted molar refractivity (Wildman–Crippen MR) is 75.0 cm³/mol. The Hall–Kier alpha value is -1.66. The van der Waals surface area contributed by atoms with E-state index in [2.05, 4.69) is 25.6 Å². The summed E-state index contributed by atoms with van der Waals surface area (Å²) in [4.78, 5) is 6.75. The largest absolute Gasteiger partial charge is 0.395 e. The van der Waals surface area contributed by atoms with Crippen molar-refractivity contribution in [2.45, 2.75) is 32.5 Å². The lowest BCUT2D eigenvalue weighted by molar-refractivity contribution is 0.0945. The normalized spacial score (nSPS) is 19.3. The average molecular weight is 275 g/mol. The Morgan fingerprint density at radius 2 is 2.20 bits per heavy atom. The Labute approximate surface area is 118 Å². The van der Waals surface area contributed by atoms with E-state index >= 15 is 0 Å². The van der Waals surface area contributed by atoms with Crippen LogP contribution in [0.1, 0.15) is 22.8 Å². The summed E-state index contributed by atoms with van der Waals surface area (Å²) in [7, 11) is 3.98. The number of imidazole rings is 1. The molecule has 0 aromatic carbocycles. The molecule has 2 aromatic rings. The number of aliphatic hydroxyl groups is 1. The Kier molecular flexibility index (Phi) is 3.35. The van der Waals surface area contributed by atoms with Gasteiger partial charge in [0.1, 0.15) is 0 Å². The number of fused-ring (bicyclic) bond motifs is 1. The highest BCUT2D eigenvalue weighted by Crippen LogP contribution is 2.23. The monoisotopic (exact) mass is 275 g/mol. The summed E-state index contributed by atoms with van der Waals surface area (Å²) >= 11 is 0. The molecule has 1 aliphatic heterocycles. The van der Waals surface area contributed by atoms with Crippen LogP contribution in [0.15, 0.2) is 12.4 Å². The smallest absolute Gasteiger partial charge is 0.0949 e. The first kappa shape index (κ1) is 13.3. The summed E-state index contributed by atoms with van der Waals surface area (Å²) in [6.45, 7) is 3.74. The maximum absolute atomic E-state index is 9.67. The van der Waals surface area contributed by atoms with Crippen LogP contribution in [0.3, 0.4) is 0 Å². The topological polar surface area (TPSA) is 59.1 Å². The van der Waals surface area contributed by atoms with Gasteiger partial charge in [-0.2, -0.15) is 5.10 Å².